The van der Waals surface area contributed by atoms with Gasteiger partial charge in [-0.1, -0.05) is 43.6 Å². The molecule has 1 aromatic rings. The Hall–Kier alpha value is -0.570. The summed E-state index contributed by atoms with van der Waals surface area (Å²) in [7, 11) is 0. The molecule has 102 valence electrons. The van der Waals surface area contributed by atoms with Crippen LogP contribution in [0.5, 0.6) is 0 Å². The number of hydrogen-bond donors (Lipinski definition) is 2. The molecule has 0 unspecified atom stereocenters. The van der Waals surface area contributed by atoms with Crippen LogP contribution < -0.4 is 10.6 Å². The maximum Gasteiger partial charge on any atom is 0.0480 e. The van der Waals surface area contributed by atoms with Crippen LogP contribution >= 0.6 is 11.6 Å². The normalized spacial score (nSPS) is 11.2. The van der Waals surface area contributed by atoms with Crippen molar-refractivity contribution in [3.8, 4) is 0 Å². The van der Waals surface area contributed by atoms with E-state index in [0.717, 1.165) is 49.1 Å². The number of nitrogens with one attached hydrogen (secondary N) is 2. The Balaban J connectivity index is 2.13. The lowest BCUT2D eigenvalue weighted by Gasteiger charge is -2.09. The van der Waals surface area contributed by atoms with Crippen LogP contribution in [0.25, 0.3) is 0 Å². The van der Waals surface area contributed by atoms with E-state index in [1.54, 1.807) is 0 Å². The SMILES string of the molecule is Cc1cccc(CNCCCNCC(C)C)c1Cl. The zero-order chi connectivity index (χ0) is 13.4. The summed E-state index contributed by atoms with van der Waals surface area (Å²) in [6, 6.07) is 6.18. The first-order chi connectivity index (χ1) is 8.61. The molecule has 0 radical (unpaired) electrons. The van der Waals surface area contributed by atoms with E-state index in [0.29, 0.717) is 0 Å². The van der Waals surface area contributed by atoms with Crippen molar-refractivity contribution in [2.75, 3.05) is 19.6 Å². The third-order valence-electron chi connectivity index (χ3n) is 2.85. The fourth-order valence-electron chi connectivity index (χ4n) is 1.80. The number of halogens is 1. The van der Waals surface area contributed by atoms with Crippen molar-refractivity contribution in [1.82, 2.24) is 10.6 Å². The van der Waals surface area contributed by atoms with Gasteiger partial charge >= 0.3 is 0 Å². The van der Waals surface area contributed by atoms with E-state index in [1.807, 2.05) is 13.0 Å². The van der Waals surface area contributed by atoms with Crippen molar-refractivity contribution in [3.63, 3.8) is 0 Å². The average Bonchev–Trinajstić information content (AvgIpc) is 2.32. The highest BCUT2D eigenvalue weighted by Crippen LogP contribution is 2.19. The average molecular weight is 269 g/mol. The van der Waals surface area contributed by atoms with Gasteiger partial charge in [-0.3, -0.25) is 0 Å². The molecule has 1 aromatic carbocycles. The molecule has 0 heterocycles. The van der Waals surface area contributed by atoms with Crippen molar-refractivity contribution in [1.29, 1.82) is 0 Å². The van der Waals surface area contributed by atoms with Crippen molar-refractivity contribution in [2.45, 2.75) is 33.7 Å². The molecule has 0 aliphatic heterocycles. The molecule has 0 bridgehead atoms. The highest BCUT2D eigenvalue weighted by atomic mass is 35.5. The quantitative estimate of drug-likeness (QED) is 0.707. The highest BCUT2D eigenvalue weighted by Gasteiger charge is 2.01. The molecular formula is C15H25ClN2. The van der Waals surface area contributed by atoms with Crippen LogP contribution in [0, 0.1) is 12.8 Å². The zero-order valence-electron chi connectivity index (χ0n) is 11.7. The van der Waals surface area contributed by atoms with Crippen LogP contribution in [-0.4, -0.2) is 19.6 Å². The van der Waals surface area contributed by atoms with E-state index < -0.39 is 0 Å². The molecule has 0 aliphatic carbocycles. The minimum Gasteiger partial charge on any atom is -0.316 e. The smallest absolute Gasteiger partial charge is 0.0480 e. The molecule has 0 spiro atoms. The van der Waals surface area contributed by atoms with Gasteiger partial charge < -0.3 is 10.6 Å². The van der Waals surface area contributed by atoms with Gasteiger partial charge in [0.15, 0.2) is 0 Å². The third kappa shape index (κ3) is 5.85. The molecule has 2 nitrogen and oxygen atoms in total. The van der Waals surface area contributed by atoms with E-state index in [-0.39, 0.29) is 0 Å². The highest BCUT2D eigenvalue weighted by molar-refractivity contribution is 6.32. The second-order valence-electron chi connectivity index (χ2n) is 5.18. The lowest BCUT2D eigenvalue weighted by atomic mass is 10.1. The van der Waals surface area contributed by atoms with Gasteiger partial charge in [-0.05, 0) is 50.0 Å². The van der Waals surface area contributed by atoms with Crippen LogP contribution in [0.4, 0.5) is 0 Å². The fourth-order valence-corrected chi connectivity index (χ4v) is 1.99. The predicted octanol–water partition coefficient (Wildman–Crippen LogP) is 3.37. The maximum absolute atomic E-state index is 6.24. The number of hydrogen-bond acceptors (Lipinski definition) is 2. The third-order valence-corrected chi connectivity index (χ3v) is 3.39. The van der Waals surface area contributed by atoms with Gasteiger partial charge in [0.25, 0.3) is 0 Å². The van der Waals surface area contributed by atoms with Crippen LogP contribution in [0.15, 0.2) is 18.2 Å². The van der Waals surface area contributed by atoms with Crippen molar-refractivity contribution in [2.24, 2.45) is 5.92 Å². The second kappa shape index (κ2) is 8.52. The Morgan fingerprint density at radius 3 is 2.61 bits per heavy atom. The summed E-state index contributed by atoms with van der Waals surface area (Å²) in [5.74, 6) is 0.726. The Kier molecular flexibility index (Phi) is 7.33. The first kappa shape index (κ1) is 15.5. The Bertz CT molecular complexity index is 350. The topological polar surface area (TPSA) is 24.1 Å². The second-order valence-corrected chi connectivity index (χ2v) is 5.55. The molecule has 1 rings (SSSR count). The predicted molar refractivity (Wildman–Crippen MR) is 80.2 cm³/mol. The van der Waals surface area contributed by atoms with E-state index in [2.05, 4.69) is 36.6 Å². The monoisotopic (exact) mass is 268 g/mol. The van der Waals surface area contributed by atoms with Gasteiger partial charge in [-0.15, -0.1) is 0 Å². The number of benzene rings is 1. The lowest BCUT2D eigenvalue weighted by molar-refractivity contribution is 0.530. The van der Waals surface area contributed by atoms with Crippen LogP contribution in [0.3, 0.4) is 0 Å². The molecule has 0 saturated heterocycles. The van der Waals surface area contributed by atoms with E-state index >= 15 is 0 Å². The molecule has 18 heavy (non-hydrogen) atoms. The van der Waals surface area contributed by atoms with Gasteiger partial charge in [-0.2, -0.15) is 0 Å². The first-order valence-corrected chi connectivity index (χ1v) is 7.14. The summed E-state index contributed by atoms with van der Waals surface area (Å²) in [6.07, 6.45) is 1.15. The van der Waals surface area contributed by atoms with Crippen LogP contribution in [0.2, 0.25) is 5.02 Å². The summed E-state index contributed by atoms with van der Waals surface area (Å²) in [6.45, 7) is 10.5. The summed E-state index contributed by atoms with van der Waals surface area (Å²) >= 11 is 6.24. The van der Waals surface area contributed by atoms with Crippen molar-refractivity contribution in [3.05, 3.63) is 34.3 Å². The fraction of sp³-hybridized carbons (Fsp3) is 0.600. The van der Waals surface area contributed by atoms with Gasteiger partial charge in [0, 0.05) is 11.6 Å². The van der Waals surface area contributed by atoms with Crippen molar-refractivity contribution < 1.29 is 0 Å². The molecule has 0 saturated carbocycles. The van der Waals surface area contributed by atoms with E-state index in [1.165, 1.54) is 5.56 Å². The lowest BCUT2D eigenvalue weighted by Crippen LogP contribution is -2.24. The zero-order valence-corrected chi connectivity index (χ0v) is 12.5. The molecule has 0 atom stereocenters. The molecule has 0 aliphatic rings. The molecular weight excluding hydrogens is 244 g/mol. The van der Waals surface area contributed by atoms with E-state index in [9.17, 15) is 0 Å². The van der Waals surface area contributed by atoms with E-state index in [4.69, 9.17) is 11.6 Å². The minimum atomic E-state index is 0.726. The van der Waals surface area contributed by atoms with Gasteiger partial charge in [-0.25, -0.2) is 0 Å². The summed E-state index contributed by atoms with van der Waals surface area (Å²) in [4.78, 5) is 0. The molecule has 2 N–H and O–H groups in total. The standard InChI is InChI=1S/C15H25ClN2/c1-12(2)10-17-8-5-9-18-11-14-7-4-6-13(3)15(14)16/h4,6-7,12,17-18H,5,8-11H2,1-3H3. The molecule has 0 fully saturated rings. The first-order valence-electron chi connectivity index (χ1n) is 6.76. The van der Waals surface area contributed by atoms with Gasteiger partial charge in [0.2, 0.25) is 0 Å². The Morgan fingerprint density at radius 1 is 1.17 bits per heavy atom. The van der Waals surface area contributed by atoms with Gasteiger partial charge in [0.05, 0.1) is 0 Å². The molecule has 3 heteroatoms. The maximum atomic E-state index is 6.24. The molecule has 0 amide bonds. The number of aryl methyl sites for hydroxylation is 1. The Labute approximate surface area is 116 Å². The van der Waals surface area contributed by atoms with Crippen molar-refractivity contribution >= 4 is 11.6 Å². The van der Waals surface area contributed by atoms with Crippen LogP contribution in [0.1, 0.15) is 31.4 Å². The number of rotatable bonds is 8. The summed E-state index contributed by atoms with van der Waals surface area (Å²) < 4.78 is 0. The summed E-state index contributed by atoms with van der Waals surface area (Å²) in [5.41, 5.74) is 2.33. The largest absolute Gasteiger partial charge is 0.316 e. The summed E-state index contributed by atoms with van der Waals surface area (Å²) in [5, 5.41) is 7.76. The minimum absolute atomic E-state index is 0.726. The van der Waals surface area contributed by atoms with Crippen LogP contribution in [-0.2, 0) is 6.54 Å². The van der Waals surface area contributed by atoms with Gasteiger partial charge in [0.1, 0.15) is 0 Å². The molecule has 0 aromatic heterocycles. The Morgan fingerprint density at radius 2 is 1.89 bits per heavy atom.